The molecular weight excluding hydrogens is 855 g/mol. The van der Waals surface area contributed by atoms with Crippen LogP contribution >= 0.6 is 0 Å². The van der Waals surface area contributed by atoms with Gasteiger partial charge in [-0.2, -0.15) is 0 Å². The van der Waals surface area contributed by atoms with Crippen LogP contribution in [0.2, 0.25) is 0 Å². The third-order valence-corrected chi connectivity index (χ3v) is 14.5. The molecule has 0 spiro atoms. The molecule has 1 amide bonds. The van der Waals surface area contributed by atoms with Gasteiger partial charge in [-0.15, -0.1) is 0 Å². The van der Waals surface area contributed by atoms with Crippen LogP contribution in [0.1, 0.15) is 335 Å². The Kier molecular flexibility index (Phi) is 59.7. The van der Waals surface area contributed by atoms with Crippen molar-refractivity contribution in [2.75, 3.05) is 6.61 Å². The topological polar surface area (TPSA) is 69.6 Å². The van der Waals surface area contributed by atoms with Gasteiger partial charge in [-0.05, 0) is 77.0 Å². The van der Waals surface area contributed by atoms with E-state index in [9.17, 15) is 15.0 Å². The van der Waals surface area contributed by atoms with Crippen molar-refractivity contribution < 1.29 is 15.0 Å². The fourth-order valence-corrected chi connectivity index (χ4v) is 9.66. The summed E-state index contributed by atoms with van der Waals surface area (Å²) in [6.07, 6.45) is 87.2. The first-order valence-corrected chi connectivity index (χ1v) is 31.5. The Morgan fingerprint density at radius 2 is 0.600 bits per heavy atom. The Bertz CT molecular complexity index is 1150. The van der Waals surface area contributed by atoms with Crippen molar-refractivity contribution >= 4 is 5.91 Å². The Labute approximate surface area is 438 Å². The van der Waals surface area contributed by atoms with Crippen LogP contribution < -0.4 is 5.32 Å². The average Bonchev–Trinajstić information content (AvgIpc) is 3.36. The number of aliphatic hydroxyl groups excluding tert-OH is 2. The largest absolute Gasteiger partial charge is 0.394 e. The van der Waals surface area contributed by atoms with Gasteiger partial charge in [-0.1, -0.05) is 312 Å². The predicted octanol–water partition coefficient (Wildman–Crippen LogP) is 21.2. The van der Waals surface area contributed by atoms with Gasteiger partial charge in [0, 0.05) is 6.42 Å². The molecule has 0 rings (SSSR count). The van der Waals surface area contributed by atoms with Crippen molar-refractivity contribution in [1.29, 1.82) is 0 Å². The molecule has 3 N–H and O–H groups in total. The van der Waals surface area contributed by atoms with Crippen molar-refractivity contribution in [3.8, 4) is 0 Å². The van der Waals surface area contributed by atoms with Crippen molar-refractivity contribution in [1.82, 2.24) is 5.32 Å². The first-order valence-electron chi connectivity index (χ1n) is 31.5. The van der Waals surface area contributed by atoms with E-state index in [2.05, 4.69) is 67.8 Å². The summed E-state index contributed by atoms with van der Waals surface area (Å²) in [5, 5.41) is 23.1. The Hall–Kier alpha value is -1.91. The van der Waals surface area contributed by atoms with Gasteiger partial charge < -0.3 is 15.5 Å². The lowest BCUT2D eigenvalue weighted by molar-refractivity contribution is -0.123. The lowest BCUT2D eigenvalue weighted by Gasteiger charge is -2.19. The third-order valence-electron chi connectivity index (χ3n) is 14.5. The van der Waals surface area contributed by atoms with E-state index in [1.807, 2.05) is 6.08 Å². The van der Waals surface area contributed by atoms with Gasteiger partial charge in [0.1, 0.15) is 0 Å². The number of allylic oxidation sites excluding steroid dienone is 9. The van der Waals surface area contributed by atoms with Crippen molar-refractivity contribution in [2.45, 2.75) is 347 Å². The molecule has 0 aliphatic heterocycles. The molecule has 0 bridgehead atoms. The maximum absolute atomic E-state index is 12.5. The van der Waals surface area contributed by atoms with Gasteiger partial charge in [0.25, 0.3) is 0 Å². The molecule has 4 nitrogen and oxygen atoms in total. The number of unbranched alkanes of at least 4 members (excludes halogenated alkanes) is 43. The Morgan fingerprint density at radius 1 is 0.343 bits per heavy atom. The zero-order valence-corrected chi connectivity index (χ0v) is 47.3. The van der Waals surface area contributed by atoms with Gasteiger partial charge in [0.05, 0.1) is 18.8 Å². The molecule has 4 heteroatoms. The van der Waals surface area contributed by atoms with Gasteiger partial charge in [0.2, 0.25) is 5.91 Å². The summed E-state index contributed by atoms with van der Waals surface area (Å²) >= 11 is 0. The Morgan fingerprint density at radius 3 is 0.914 bits per heavy atom. The number of hydrogen-bond donors (Lipinski definition) is 3. The number of rotatable bonds is 58. The van der Waals surface area contributed by atoms with Crippen molar-refractivity contribution in [2.24, 2.45) is 0 Å². The van der Waals surface area contributed by atoms with Crippen LogP contribution in [0.5, 0.6) is 0 Å². The third kappa shape index (κ3) is 57.0. The molecule has 0 fully saturated rings. The molecule has 2 unspecified atom stereocenters. The summed E-state index contributed by atoms with van der Waals surface area (Å²) < 4.78 is 0. The van der Waals surface area contributed by atoms with Gasteiger partial charge >= 0.3 is 0 Å². The predicted molar refractivity (Wildman–Crippen MR) is 313 cm³/mol. The summed E-state index contributed by atoms with van der Waals surface area (Å²) in [4.78, 5) is 12.5. The van der Waals surface area contributed by atoms with Crippen LogP contribution in [-0.4, -0.2) is 34.9 Å². The zero-order valence-electron chi connectivity index (χ0n) is 47.3. The minimum Gasteiger partial charge on any atom is -0.394 e. The van der Waals surface area contributed by atoms with Gasteiger partial charge in [-0.3, -0.25) is 4.79 Å². The van der Waals surface area contributed by atoms with Crippen LogP contribution in [0.25, 0.3) is 0 Å². The van der Waals surface area contributed by atoms with Crippen LogP contribution in [0.4, 0.5) is 0 Å². The summed E-state index contributed by atoms with van der Waals surface area (Å²) in [6.45, 7) is 4.30. The van der Waals surface area contributed by atoms with E-state index < -0.39 is 12.1 Å². The first-order chi connectivity index (χ1) is 34.7. The highest BCUT2D eigenvalue weighted by atomic mass is 16.3. The van der Waals surface area contributed by atoms with E-state index >= 15 is 0 Å². The van der Waals surface area contributed by atoms with E-state index in [0.717, 1.165) is 44.9 Å². The molecule has 0 aromatic heterocycles. The zero-order chi connectivity index (χ0) is 50.6. The number of amides is 1. The molecule has 0 heterocycles. The van der Waals surface area contributed by atoms with Crippen LogP contribution in [0, 0.1) is 0 Å². The fourth-order valence-electron chi connectivity index (χ4n) is 9.66. The number of carbonyl (C=O) groups is 1. The van der Waals surface area contributed by atoms with Crippen LogP contribution in [0.3, 0.4) is 0 Å². The maximum Gasteiger partial charge on any atom is 0.220 e. The lowest BCUT2D eigenvalue weighted by atomic mass is 10.0. The normalized spacial score (nSPS) is 13.1. The SMILES string of the molecule is CCCCCCC/C=C\C/C=C\CCCCCCCCCCCCCCCCCCCCCCCCCCCCCCCC(=O)NC(CO)C(O)/C=C/CC/C=C/CC/C=C/CCCCCCCCC. The van der Waals surface area contributed by atoms with Crippen LogP contribution in [0.15, 0.2) is 60.8 Å². The van der Waals surface area contributed by atoms with Gasteiger partial charge in [0.15, 0.2) is 0 Å². The average molecular weight is 979 g/mol. The van der Waals surface area contributed by atoms with E-state index in [-0.39, 0.29) is 12.5 Å². The summed E-state index contributed by atoms with van der Waals surface area (Å²) in [7, 11) is 0. The maximum atomic E-state index is 12.5. The molecule has 0 radical (unpaired) electrons. The second-order valence-electron chi connectivity index (χ2n) is 21.5. The molecule has 0 aliphatic carbocycles. The second kappa shape index (κ2) is 61.4. The second-order valence-corrected chi connectivity index (χ2v) is 21.5. The Balaban J connectivity index is 3.41. The van der Waals surface area contributed by atoms with Gasteiger partial charge in [-0.25, -0.2) is 0 Å². The number of aliphatic hydroxyl groups is 2. The number of hydrogen-bond acceptors (Lipinski definition) is 3. The van der Waals surface area contributed by atoms with Crippen molar-refractivity contribution in [3.63, 3.8) is 0 Å². The molecule has 2 atom stereocenters. The molecule has 0 aromatic carbocycles. The number of nitrogens with one attached hydrogen (secondary N) is 1. The minimum absolute atomic E-state index is 0.0733. The first kappa shape index (κ1) is 68.1. The summed E-state index contributed by atoms with van der Waals surface area (Å²) in [6, 6.07) is -0.645. The molecule has 0 saturated heterocycles. The summed E-state index contributed by atoms with van der Waals surface area (Å²) in [5.74, 6) is -0.0733. The number of carbonyl (C=O) groups excluding carboxylic acids is 1. The standard InChI is InChI=1S/C66H123NO3/c1-3-5-7-9-11-13-15-17-19-21-22-23-24-25-26-27-28-29-30-31-32-33-34-35-36-37-38-39-40-41-42-43-44-46-48-50-52-54-56-58-60-62-66(70)67-64(63-68)65(69)61-59-57-55-53-51-49-47-45-20-18-16-14-12-10-8-6-4-2/h15,17,20-22,45,51,53,59,61,64-65,68-69H,3-14,16,18-19,23-44,46-50,52,54-58,60,62-63H2,1-2H3,(H,67,70)/b17-15-,22-21-,45-20+,53-51+,61-59+. The lowest BCUT2D eigenvalue weighted by Crippen LogP contribution is -2.45. The monoisotopic (exact) mass is 978 g/mol. The fraction of sp³-hybridized carbons (Fsp3) is 0.833. The van der Waals surface area contributed by atoms with E-state index in [1.165, 1.54) is 270 Å². The smallest absolute Gasteiger partial charge is 0.220 e. The minimum atomic E-state index is -0.870. The quantitative estimate of drug-likeness (QED) is 0.0420. The summed E-state index contributed by atoms with van der Waals surface area (Å²) in [5.41, 5.74) is 0. The van der Waals surface area contributed by atoms with E-state index in [1.54, 1.807) is 6.08 Å². The molecule has 410 valence electrons. The highest BCUT2D eigenvalue weighted by molar-refractivity contribution is 5.76. The molecule has 70 heavy (non-hydrogen) atoms. The molecular formula is C66H123NO3. The van der Waals surface area contributed by atoms with E-state index in [4.69, 9.17) is 0 Å². The van der Waals surface area contributed by atoms with Crippen molar-refractivity contribution in [3.05, 3.63) is 60.8 Å². The van der Waals surface area contributed by atoms with E-state index in [0.29, 0.717) is 6.42 Å². The highest BCUT2D eigenvalue weighted by Crippen LogP contribution is 2.18. The molecule has 0 aromatic rings. The van der Waals surface area contributed by atoms with Crippen LogP contribution in [-0.2, 0) is 4.79 Å². The molecule has 0 saturated carbocycles. The highest BCUT2D eigenvalue weighted by Gasteiger charge is 2.18. The molecule has 0 aliphatic rings.